The minimum absolute atomic E-state index is 0.300. The molecule has 0 amide bonds. The molecule has 0 heterocycles. The van der Waals surface area contributed by atoms with Crippen LogP contribution in [0.4, 0.5) is 4.39 Å². The minimum Gasteiger partial charge on any atom is -0.206 e. The Morgan fingerprint density at radius 1 is 0.741 bits per heavy atom. The van der Waals surface area contributed by atoms with Crippen LogP contribution >= 0.6 is 0 Å². The molecule has 0 spiro atoms. The monoisotopic (exact) mass is 352 g/mol. The van der Waals surface area contributed by atoms with Gasteiger partial charge in [0.25, 0.3) is 0 Å². The van der Waals surface area contributed by atoms with Crippen LogP contribution in [0.3, 0.4) is 0 Å². The molecule has 0 unspecified atom stereocenters. The average Bonchev–Trinajstić information content (AvgIpc) is 2.69. The van der Waals surface area contributed by atoms with Gasteiger partial charge in [-0.05, 0) is 66.4 Å². The van der Waals surface area contributed by atoms with Gasteiger partial charge in [0.05, 0.1) is 5.56 Å². The van der Waals surface area contributed by atoms with E-state index in [-0.39, 0.29) is 5.82 Å². The third-order valence-corrected chi connectivity index (χ3v) is 4.29. The van der Waals surface area contributed by atoms with Gasteiger partial charge >= 0.3 is 0 Å². The molecule has 0 atom stereocenters. The number of hydrogen-bond acceptors (Lipinski definition) is 0. The molecule has 132 valence electrons. The molecular weight excluding hydrogens is 331 g/mol. The number of rotatable bonds is 3. The van der Waals surface area contributed by atoms with Crippen LogP contribution in [-0.2, 0) is 6.42 Å². The van der Waals surface area contributed by atoms with Crippen molar-refractivity contribution >= 4 is 0 Å². The molecule has 0 nitrogen and oxygen atoms in total. The zero-order chi connectivity index (χ0) is 19.1. The van der Waals surface area contributed by atoms with Crippen molar-refractivity contribution in [3.8, 4) is 34.8 Å². The van der Waals surface area contributed by atoms with Crippen LogP contribution in [0.5, 0.6) is 0 Å². The quantitative estimate of drug-likeness (QED) is 0.491. The van der Waals surface area contributed by atoms with Crippen LogP contribution in [0.2, 0.25) is 0 Å². The second kappa shape index (κ2) is 8.88. The molecule has 0 aliphatic carbocycles. The van der Waals surface area contributed by atoms with Crippen molar-refractivity contribution in [3.63, 3.8) is 0 Å². The first-order valence-corrected chi connectivity index (χ1v) is 9.13. The van der Waals surface area contributed by atoms with Gasteiger partial charge in [0, 0.05) is 11.1 Å². The maximum absolute atomic E-state index is 14.5. The molecule has 3 rings (SSSR count). The Kier molecular flexibility index (Phi) is 6.09. The fourth-order valence-electron chi connectivity index (χ4n) is 2.87. The minimum atomic E-state index is -0.300. The summed E-state index contributed by atoms with van der Waals surface area (Å²) in [6, 6.07) is 21.2. The summed E-state index contributed by atoms with van der Waals surface area (Å²) in [6.07, 6.45) is 2.19. The summed E-state index contributed by atoms with van der Waals surface area (Å²) in [5.41, 5.74) is 5.37. The third-order valence-electron chi connectivity index (χ3n) is 4.29. The zero-order valence-electron chi connectivity index (χ0n) is 15.6. The van der Waals surface area contributed by atoms with Gasteiger partial charge in [-0.15, -0.1) is 5.92 Å². The molecule has 3 aromatic rings. The Bertz CT molecular complexity index is 1030. The molecule has 0 N–H and O–H groups in total. The van der Waals surface area contributed by atoms with E-state index in [9.17, 15) is 4.39 Å². The van der Waals surface area contributed by atoms with Crippen LogP contribution in [0.25, 0.3) is 11.1 Å². The molecular formula is C26H21F. The van der Waals surface area contributed by atoms with E-state index in [0.717, 1.165) is 35.1 Å². The molecule has 0 aliphatic heterocycles. The van der Waals surface area contributed by atoms with E-state index in [2.05, 4.69) is 42.7 Å². The lowest BCUT2D eigenvalue weighted by Crippen LogP contribution is -1.88. The van der Waals surface area contributed by atoms with Gasteiger partial charge in [-0.25, -0.2) is 4.39 Å². The maximum atomic E-state index is 14.5. The number of aryl methyl sites for hydroxylation is 1. The molecule has 1 heteroatoms. The highest BCUT2D eigenvalue weighted by molar-refractivity contribution is 5.65. The van der Waals surface area contributed by atoms with Crippen LogP contribution < -0.4 is 0 Å². The molecule has 0 aromatic heterocycles. The highest BCUT2D eigenvalue weighted by Crippen LogP contribution is 2.22. The second-order valence-corrected chi connectivity index (χ2v) is 6.34. The highest BCUT2D eigenvalue weighted by Gasteiger charge is 2.04. The van der Waals surface area contributed by atoms with Crippen molar-refractivity contribution in [1.29, 1.82) is 0 Å². The second-order valence-electron chi connectivity index (χ2n) is 6.34. The molecule has 3 aromatic carbocycles. The van der Waals surface area contributed by atoms with Gasteiger partial charge in [-0.2, -0.15) is 0 Å². The van der Waals surface area contributed by atoms with Gasteiger partial charge < -0.3 is 0 Å². The molecule has 0 bridgehead atoms. The molecule has 0 radical (unpaired) electrons. The van der Waals surface area contributed by atoms with Crippen LogP contribution in [0.15, 0.2) is 66.7 Å². The average molecular weight is 352 g/mol. The van der Waals surface area contributed by atoms with Crippen molar-refractivity contribution in [2.45, 2.75) is 26.7 Å². The maximum Gasteiger partial charge on any atom is 0.139 e. The van der Waals surface area contributed by atoms with E-state index in [1.807, 2.05) is 42.5 Å². The largest absolute Gasteiger partial charge is 0.206 e. The summed E-state index contributed by atoms with van der Waals surface area (Å²) in [6.45, 7) is 3.97. The molecule has 0 saturated heterocycles. The summed E-state index contributed by atoms with van der Waals surface area (Å²) in [4.78, 5) is 0. The van der Waals surface area contributed by atoms with Crippen molar-refractivity contribution < 1.29 is 4.39 Å². The predicted molar refractivity (Wildman–Crippen MR) is 111 cm³/mol. The fraction of sp³-hybridized carbons (Fsp3) is 0.154. The Labute approximate surface area is 161 Å². The molecule has 0 fully saturated rings. The van der Waals surface area contributed by atoms with E-state index >= 15 is 0 Å². The summed E-state index contributed by atoms with van der Waals surface area (Å²) in [7, 11) is 0. The summed E-state index contributed by atoms with van der Waals surface area (Å²) in [5.74, 6) is 11.5. The van der Waals surface area contributed by atoms with Crippen LogP contribution in [0.1, 0.15) is 42.5 Å². The third kappa shape index (κ3) is 4.87. The van der Waals surface area contributed by atoms with Crippen molar-refractivity contribution in [2.24, 2.45) is 0 Å². The first kappa shape index (κ1) is 18.5. The van der Waals surface area contributed by atoms with E-state index in [1.54, 1.807) is 19.1 Å². The van der Waals surface area contributed by atoms with E-state index < -0.39 is 0 Å². The SMILES string of the molecule is CC#Cc1ccc(C#Cc2ccc(-c3ccc(CCC)cc3)cc2F)cc1. The predicted octanol–water partition coefficient (Wildman–Crippen LogP) is 6.22. The zero-order valence-corrected chi connectivity index (χ0v) is 15.6. The van der Waals surface area contributed by atoms with Gasteiger partial charge in [0.2, 0.25) is 0 Å². The lowest BCUT2D eigenvalue weighted by atomic mass is 10.0. The van der Waals surface area contributed by atoms with Crippen LogP contribution in [0, 0.1) is 29.5 Å². The molecule has 0 saturated carbocycles. The van der Waals surface area contributed by atoms with E-state index in [4.69, 9.17) is 0 Å². The summed E-state index contributed by atoms with van der Waals surface area (Å²) < 4.78 is 14.5. The highest BCUT2D eigenvalue weighted by atomic mass is 19.1. The number of benzene rings is 3. The summed E-state index contributed by atoms with van der Waals surface area (Å²) in [5, 5.41) is 0. The van der Waals surface area contributed by atoms with Crippen molar-refractivity contribution in [2.75, 3.05) is 0 Å². The smallest absolute Gasteiger partial charge is 0.139 e. The Morgan fingerprint density at radius 3 is 1.96 bits per heavy atom. The van der Waals surface area contributed by atoms with Gasteiger partial charge in [0.15, 0.2) is 0 Å². The number of halogens is 1. The van der Waals surface area contributed by atoms with Crippen LogP contribution in [-0.4, -0.2) is 0 Å². The first-order valence-electron chi connectivity index (χ1n) is 9.13. The Balaban J connectivity index is 1.79. The topological polar surface area (TPSA) is 0 Å². The first-order chi connectivity index (χ1) is 13.2. The van der Waals surface area contributed by atoms with Gasteiger partial charge in [-0.3, -0.25) is 0 Å². The van der Waals surface area contributed by atoms with Gasteiger partial charge in [0.1, 0.15) is 5.82 Å². The Morgan fingerprint density at radius 2 is 1.37 bits per heavy atom. The van der Waals surface area contributed by atoms with E-state index in [1.165, 1.54) is 5.56 Å². The van der Waals surface area contributed by atoms with Crippen molar-refractivity contribution in [1.82, 2.24) is 0 Å². The van der Waals surface area contributed by atoms with Crippen molar-refractivity contribution in [3.05, 3.63) is 94.8 Å². The lowest BCUT2D eigenvalue weighted by Gasteiger charge is -2.05. The standard InChI is InChI=1S/C26H21F/c1-3-5-20-7-9-22(10-8-20)13-16-24-17-18-25(19-26(24)27)23-14-11-21(6-4-2)12-15-23/h7-12,14-15,17-19H,4,6H2,1-2H3. The normalized spacial score (nSPS) is 9.74. The fourth-order valence-corrected chi connectivity index (χ4v) is 2.87. The summed E-state index contributed by atoms with van der Waals surface area (Å²) >= 11 is 0. The molecule has 0 aliphatic rings. The van der Waals surface area contributed by atoms with E-state index in [0.29, 0.717) is 5.56 Å². The van der Waals surface area contributed by atoms with Gasteiger partial charge in [-0.1, -0.05) is 61.4 Å². The number of hydrogen-bond donors (Lipinski definition) is 0. The lowest BCUT2D eigenvalue weighted by molar-refractivity contribution is 0.625. The Hall–Kier alpha value is -3.29. The molecule has 27 heavy (non-hydrogen) atoms.